The molecule has 0 aliphatic rings. The zero-order valence-corrected chi connectivity index (χ0v) is 16.3. The van der Waals surface area contributed by atoms with Gasteiger partial charge in [-0.2, -0.15) is 5.10 Å². The third kappa shape index (κ3) is 4.28. The van der Waals surface area contributed by atoms with E-state index in [4.69, 9.17) is 9.47 Å². The van der Waals surface area contributed by atoms with E-state index in [1.807, 2.05) is 39.0 Å². The van der Waals surface area contributed by atoms with Crippen molar-refractivity contribution in [3.8, 4) is 11.5 Å². The van der Waals surface area contributed by atoms with E-state index < -0.39 is 0 Å². The number of aromatic nitrogens is 2. The zero-order valence-electron chi connectivity index (χ0n) is 16.3. The summed E-state index contributed by atoms with van der Waals surface area (Å²) in [7, 11) is 5.01. The van der Waals surface area contributed by atoms with Gasteiger partial charge in [-0.1, -0.05) is 6.07 Å². The highest BCUT2D eigenvalue weighted by atomic mass is 16.5. The Morgan fingerprint density at radius 1 is 1.27 bits per heavy atom. The molecule has 7 heteroatoms. The Bertz CT molecular complexity index is 738. The molecule has 1 heterocycles. The predicted molar refractivity (Wildman–Crippen MR) is 101 cm³/mol. The van der Waals surface area contributed by atoms with Crippen LogP contribution in [0.2, 0.25) is 0 Å². The summed E-state index contributed by atoms with van der Waals surface area (Å²) in [6, 6.07) is 5.59. The minimum absolute atomic E-state index is 0.0603. The molecule has 26 heavy (non-hydrogen) atoms. The molecule has 2 amide bonds. The second-order valence-corrected chi connectivity index (χ2v) is 6.31. The number of hydrogen-bond acceptors (Lipinski definition) is 4. The van der Waals surface area contributed by atoms with Gasteiger partial charge in [0.05, 0.1) is 26.0 Å². The fraction of sp³-hybridized carbons (Fsp3) is 0.474. The van der Waals surface area contributed by atoms with E-state index in [1.165, 1.54) is 0 Å². The number of hydrogen-bond donors (Lipinski definition) is 2. The summed E-state index contributed by atoms with van der Waals surface area (Å²) in [5, 5.41) is 10.1. The number of rotatable bonds is 7. The van der Waals surface area contributed by atoms with Crippen LogP contribution in [0.1, 0.15) is 35.5 Å². The van der Waals surface area contributed by atoms with E-state index in [0.717, 1.165) is 22.5 Å². The average Bonchev–Trinajstić information content (AvgIpc) is 2.98. The molecule has 0 spiro atoms. The quantitative estimate of drug-likeness (QED) is 0.795. The van der Waals surface area contributed by atoms with E-state index in [1.54, 1.807) is 26.2 Å². The van der Waals surface area contributed by atoms with Crippen LogP contribution in [0, 0.1) is 13.8 Å². The van der Waals surface area contributed by atoms with Crippen LogP contribution in [-0.2, 0) is 6.42 Å². The summed E-state index contributed by atoms with van der Waals surface area (Å²) in [4.78, 5) is 14.1. The predicted octanol–water partition coefficient (Wildman–Crippen LogP) is 2.99. The van der Waals surface area contributed by atoms with Crippen LogP contribution in [0.3, 0.4) is 0 Å². The summed E-state index contributed by atoms with van der Waals surface area (Å²) in [6.07, 6.45) is 0.706. The van der Waals surface area contributed by atoms with Crippen LogP contribution in [0.5, 0.6) is 11.5 Å². The molecule has 0 saturated carbocycles. The molecule has 0 aliphatic heterocycles. The van der Waals surface area contributed by atoms with Crippen molar-refractivity contribution in [2.75, 3.05) is 27.8 Å². The summed E-state index contributed by atoms with van der Waals surface area (Å²) in [6.45, 7) is 6.44. The van der Waals surface area contributed by atoms with E-state index in [9.17, 15) is 4.79 Å². The van der Waals surface area contributed by atoms with Gasteiger partial charge in [-0.15, -0.1) is 0 Å². The molecule has 0 radical (unpaired) electrons. The number of ether oxygens (including phenoxy) is 2. The van der Waals surface area contributed by atoms with Gasteiger partial charge in [0.2, 0.25) is 0 Å². The summed E-state index contributed by atoms with van der Waals surface area (Å²) in [5.74, 6) is 1.38. The van der Waals surface area contributed by atoms with Crippen molar-refractivity contribution < 1.29 is 14.3 Å². The highest BCUT2D eigenvalue weighted by Gasteiger charge is 2.22. The van der Waals surface area contributed by atoms with Crippen molar-refractivity contribution in [1.82, 2.24) is 20.4 Å². The summed E-state index contributed by atoms with van der Waals surface area (Å²) in [5.41, 5.74) is 4.03. The number of aromatic amines is 1. The van der Waals surface area contributed by atoms with Crippen LogP contribution in [0.4, 0.5) is 4.79 Å². The first-order chi connectivity index (χ1) is 12.4. The van der Waals surface area contributed by atoms with E-state index in [-0.39, 0.29) is 12.1 Å². The highest BCUT2D eigenvalue weighted by molar-refractivity contribution is 5.74. The lowest BCUT2D eigenvalue weighted by molar-refractivity contribution is 0.194. The van der Waals surface area contributed by atoms with Gasteiger partial charge in [-0.25, -0.2) is 4.79 Å². The molecule has 1 aromatic carbocycles. The molecule has 1 atom stereocenters. The molecule has 2 N–H and O–H groups in total. The number of nitrogens with zero attached hydrogens (tertiary/aromatic N) is 2. The molecule has 2 rings (SSSR count). The molecule has 2 aromatic rings. The first-order valence-electron chi connectivity index (χ1n) is 8.62. The number of carbonyl (C=O) groups excluding carboxylic acids is 1. The lowest BCUT2D eigenvalue weighted by Crippen LogP contribution is -2.39. The number of carbonyl (C=O) groups is 1. The molecule has 142 valence electrons. The van der Waals surface area contributed by atoms with E-state index in [0.29, 0.717) is 24.5 Å². The van der Waals surface area contributed by atoms with Gasteiger partial charge in [0.15, 0.2) is 11.5 Å². The molecule has 1 aromatic heterocycles. The third-order valence-electron chi connectivity index (χ3n) is 4.64. The topological polar surface area (TPSA) is 79.5 Å². The molecule has 0 fully saturated rings. The van der Waals surface area contributed by atoms with Crippen molar-refractivity contribution in [3.63, 3.8) is 0 Å². The molecule has 0 aliphatic carbocycles. The number of urea groups is 1. The standard InChI is InChI=1S/C19H28N4O3/c1-12-18(13(2)22-21-12)14(3)23(4)19(24)20-10-9-15-7-8-16(25-5)17(11-15)26-6/h7-8,11,14H,9-10H2,1-6H3,(H,20,24)(H,21,22)/t14-/m1/s1. The molecule has 0 saturated heterocycles. The highest BCUT2D eigenvalue weighted by Crippen LogP contribution is 2.27. The molecule has 0 unspecified atom stereocenters. The Balaban J connectivity index is 1.92. The van der Waals surface area contributed by atoms with Gasteiger partial charge < -0.3 is 19.7 Å². The van der Waals surface area contributed by atoms with E-state index in [2.05, 4.69) is 15.5 Å². The Hall–Kier alpha value is -2.70. The second-order valence-electron chi connectivity index (χ2n) is 6.31. The Morgan fingerprint density at radius 2 is 1.96 bits per heavy atom. The largest absolute Gasteiger partial charge is 0.493 e. The van der Waals surface area contributed by atoms with Crippen molar-refractivity contribution in [1.29, 1.82) is 0 Å². The lowest BCUT2D eigenvalue weighted by atomic mass is 10.1. The van der Waals surface area contributed by atoms with Crippen LogP contribution in [-0.4, -0.2) is 48.9 Å². The van der Waals surface area contributed by atoms with Crippen LogP contribution in [0.25, 0.3) is 0 Å². The Kier molecular flexibility index (Phi) is 6.49. The summed E-state index contributed by atoms with van der Waals surface area (Å²) < 4.78 is 10.5. The Labute approximate surface area is 154 Å². The number of amides is 2. The number of methoxy groups -OCH3 is 2. The fourth-order valence-electron chi connectivity index (χ4n) is 3.02. The van der Waals surface area contributed by atoms with Crippen molar-refractivity contribution >= 4 is 6.03 Å². The van der Waals surface area contributed by atoms with Crippen molar-refractivity contribution in [2.24, 2.45) is 0 Å². The smallest absolute Gasteiger partial charge is 0.317 e. The maximum atomic E-state index is 12.5. The second kappa shape index (κ2) is 8.60. The number of benzene rings is 1. The van der Waals surface area contributed by atoms with Gasteiger partial charge in [-0.3, -0.25) is 5.10 Å². The van der Waals surface area contributed by atoms with Crippen LogP contribution in [0.15, 0.2) is 18.2 Å². The van der Waals surface area contributed by atoms with Gasteiger partial charge in [0.25, 0.3) is 0 Å². The fourth-order valence-corrected chi connectivity index (χ4v) is 3.02. The van der Waals surface area contributed by atoms with Crippen LogP contribution >= 0.6 is 0 Å². The zero-order chi connectivity index (χ0) is 19.3. The number of aryl methyl sites for hydroxylation is 2. The van der Waals surface area contributed by atoms with Crippen LogP contribution < -0.4 is 14.8 Å². The first-order valence-corrected chi connectivity index (χ1v) is 8.62. The molecular formula is C19H28N4O3. The van der Waals surface area contributed by atoms with Gasteiger partial charge in [-0.05, 0) is 44.9 Å². The lowest BCUT2D eigenvalue weighted by Gasteiger charge is -2.25. The van der Waals surface area contributed by atoms with Crippen molar-refractivity contribution in [2.45, 2.75) is 33.2 Å². The molecule has 7 nitrogen and oxygen atoms in total. The molecular weight excluding hydrogens is 332 g/mol. The normalized spacial score (nSPS) is 11.8. The van der Waals surface area contributed by atoms with Crippen molar-refractivity contribution in [3.05, 3.63) is 40.7 Å². The third-order valence-corrected chi connectivity index (χ3v) is 4.64. The SMILES string of the molecule is COc1ccc(CCNC(=O)N(C)[C@H](C)c2c(C)n[nH]c2C)cc1OC. The number of nitrogens with one attached hydrogen (secondary N) is 2. The maximum absolute atomic E-state index is 12.5. The first kappa shape index (κ1) is 19.6. The maximum Gasteiger partial charge on any atom is 0.317 e. The van der Waals surface area contributed by atoms with Gasteiger partial charge in [0.1, 0.15) is 0 Å². The number of H-pyrrole nitrogens is 1. The summed E-state index contributed by atoms with van der Waals surface area (Å²) >= 11 is 0. The van der Waals surface area contributed by atoms with Gasteiger partial charge >= 0.3 is 6.03 Å². The minimum atomic E-state index is -0.113. The van der Waals surface area contributed by atoms with E-state index >= 15 is 0 Å². The molecule has 0 bridgehead atoms. The minimum Gasteiger partial charge on any atom is -0.493 e. The Morgan fingerprint density at radius 3 is 2.54 bits per heavy atom. The monoisotopic (exact) mass is 360 g/mol. The average molecular weight is 360 g/mol. The van der Waals surface area contributed by atoms with Gasteiger partial charge in [0, 0.05) is 24.8 Å².